The van der Waals surface area contributed by atoms with Crippen molar-refractivity contribution in [3.63, 3.8) is 0 Å². The molecular weight excluding hydrogens is 378 g/mol. The van der Waals surface area contributed by atoms with Gasteiger partial charge in [0.2, 0.25) is 0 Å². The third-order valence-electron chi connectivity index (χ3n) is 8.47. The van der Waals surface area contributed by atoms with E-state index < -0.39 is 0 Å². The van der Waals surface area contributed by atoms with Crippen LogP contribution in [0.3, 0.4) is 0 Å². The third kappa shape index (κ3) is 5.42. The van der Waals surface area contributed by atoms with Gasteiger partial charge in [0.05, 0.1) is 0 Å². The Morgan fingerprint density at radius 3 is 2.77 bits per heavy atom. The lowest BCUT2D eigenvalue weighted by Crippen LogP contribution is -2.38. The molecular formula is C28H45N3. The Morgan fingerprint density at radius 2 is 2.10 bits per heavy atom. The van der Waals surface area contributed by atoms with Gasteiger partial charge in [-0.3, -0.25) is 4.90 Å². The van der Waals surface area contributed by atoms with Gasteiger partial charge < -0.3 is 10.7 Å². The summed E-state index contributed by atoms with van der Waals surface area (Å²) in [6, 6.07) is 0.309. The van der Waals surface area contributed by atoms with E-state index in [2.05, 4.69) is 56.1 Å². The molecule has 0 aromatic heterocycles. The smallest absolute Gasteiger partial charge is 0.0485 e. The fraction of sp³-hybridized carbons (Fsp3) is 0.750. The minimum Gasteiger partial charge on any atom is -0.308 e. The predicted octanol–water partition coefficient (Wildman–Crippen LogP) is 5.99. The second-order valence-corrected chi connectivity index (χ2v) is 11.2. The lowest BCUT2D eigenvalue weighted by molar-refractivity contribution is 0.242. The molecule has 2 N–H and O–H groups in total. The first-order chi connectivity index (χ1) is 14.9. The van der Waals surface area contributed by atoms with Crippen LogP contribution in [0.5, 0.6) is 0 Å². The van der Waals surface area contributed by atoms with E-state index in [0.717, 1.165) is 37.1 Å². The van der Waals surface area contributed by atoms with E-state index in [1.165, 1.54) is 51.6 Å². The van der Waals surface area contributed by atoms with Crippen molar-refractivity contribution in [1.29, 1.82) is 5.41 Å². The van der Waals surface area contributed by atoms with Crippen molar-refractivity contribution >= 4 is 5.71 Å². The molecule has 1 fully saturated rings. The molecule has 2 aliphatic carbocycles. The predicted molar refractivity (Wildman–Crippen MR) is 133 cm³/mol. The standard InChI is InChI=1S/C28H45N3/c1-5-23-15-25-16-24(27(29)28(25)30-17-26(23)19(2)3)14-21-9-11-31(12-10-21)18-22-8-6-7-20(4)13-22/h6,8-9,19-20,22,24-25,28-30H,5,7,10-18H2,1-4H3. The van der Waals surface area contributed by atoms with Gasteiger partial charge in [0, 0.05) is 43.9 Å². The van der Waals surface area contributed by atoms with Gasteiger partial charge in [0.25, 0.3) is 0 Å². The maximum absolute atomic E-state index is 8.95. The van der Waals surface area contributed by atoms with Gasteiger partial charge in [-0.15, -0.1) is 0 Å². The third-order valence-corrected chi connectivity index (χ3v) is 8.47. The van der Waals surface area contributed by atoms with E-state index in [0.29, 0.717) is 23.8 Å². The molecule has 0 spiro atoms. The Morgan fingerprint density at radius 1 is 1.26 bits per heavy atom. The monoisotopic (exact) mass is 423 g/mol. The molecule has 172 valence electrons. The number of nitrogens with one attached hydrogen (secondary N) is 2. The van der Waals surface area contributed by atoms with Crippen LogP contribution in [0, 0.1) is 35.0 Å². The first-order valence-corrected chi connectivity index (χ1v) is 13.0. The maximum atomic E-state index is 8.95. The van der Waals surface area contributed by atoms with Gasteiger partial charge >= 0.3 is 0 Å². The van der Waals surface area contributed by atoms with Crippen molar-refractivity contribution < 1.29 is 0 Å². The van der Waals surface area contributed by atoms with Crippen LogP contribution in [0.4, 0.5) is 0 Å². The quantitative estimate of drug-likeness (QED) is 0.515. The second kappa shape index (κ2) is 10.2. The summed E-state index contributed by atoms with van der Waals surface area (Å²) in [5.41, 5.74) is 5.89. The van der Waals surface area contributed by atoms with E-state index >= 15 is 0 Å². The van der Waals surface area contributed by atoms with Gasteiger partial charge in [-0.2, -0.15) is 0 Å². The molecule has 4 rings (SSSR count). The van der Waals surface area contributed by atoms with Crippen LogP contribution in [-0.2, 0) is 0 Å². The molecule has 3 heteroatoms. The van der Waals surface area contributed by atoms with Gasteiger partial charge in [-0.1, -0.05) is 62.6 Å². The van der Waals surface area contributed by atoms with Crippen LogP contribution in [0.25, 0.3) is 0 Å². The highest BCUT2D eigenvalue weighted by Crippen LogP contribution is 2.40. The largest absolute Gasteiger partial charge is 0.308 e. The Balaban J connectivity index is 1.32. The molecule has 0 aromatic rings. The first-order valence-electron chi connectivity index (χ1n) is 13.0. The first kappa shape index (κ1) is 23.0. The molecule has 0 bridgehead atoms. The van der Waals surface area contributed by atoms with Crippen LogP contribution in [0.1, 0.15) is 72.6 Å². The van der Waals surface area contributed by atoms with Gasteiger partial charge in [-0.05, 0) is 68.6 Å². The van der Waals surface area contributed by atoms with E-state index in [1.54, 1.807) is 16.7 Å². The number of hydrogen-bond acceptors (Lipinski definition) is 3. The molecule has 3 nitrogen and oxygen atoms in total. The molecule has 4 aliphatic rings. The average molecular weight is 424 g/mol. The van der Waals surface area contributed by atoms with Crippen LogP contribution in [-0.4, -0.2) is 42.8 Å². The van der Waals surface area contributed by atoms with E-state index in [9.17, 15) is 0 Å². The molecule has 0 amide bonds. The Kier molecular flexibility index (Phi) is 7.54. The summed E-state index contributed by atoms with van der Waals surface area (Å²) in [5.74, 6) is 3.30. The Hall–Kier alpha value is -1.19. The summed E-state index contributed by atoms with van der Waals surface area (Å²) in [6.45, 7) is 13.9. The summed E-state index contributed by atoms with van der Waals surface area (Å²) < 4.78 is 0. The van der Waals surface area contributed by atoms with Crippen molar-refractivity contribution in [2.45, 2.75) is 78.7 Å². The average Bonchev–Trinajstić information content (AvgIpc) is 2.92. The van der Waals surface area contributed by atoms with Crippen molar-refractivity contribution in [1.82, 2.24) is 10.2 Å². The maximum Gasteiger partial charge on any atom is 0.0485 e. The number of allylic oxidation sites excluding steroid dienone is 2. The zero-order chi connectivity index (χ0) is 22.0. The highest BCUT2D eigenvalue weighted by atomic mass is 15.1. The van der Waals surface area contributed by atoms with Crippen molar-refractivity contribution in [3.8, 4) is 0 Å². The van der Waals surface area contributed by atoms with Crippen molar-refractivity contribution in [3.05, 3.63) is 34.9 Å². The van der Waals surface area contributed by atoms with Crippen molar-refractivity contribution in [2.75, 3.05) is 26.2 Å². The second-order valence-electron chi connectivity index (χ2n) is 11.2. The Labute approximate surface area is 190 Å². The van der Waals surface area contributed by atoms with Crippen LogP contribution >= 0.6 is 0 Å². The molecule has 2 aliphatic heterocycles. The molecule has 2 heterocycles. The molecule has 0 saturated heterocycles. The van der Waals surface area contributed by atoms with Gasteiger partial charge in [0.1, 0.15) is 0 Å². The minimum atomic E-state index is 0.309. The van der Waals surface area contributed by atoms with E-state index in [-0.39, 0.29) is 0 Å². The van der Waals surface area contributed by atoms with Gasteiger partial charge in [-0.25, -0.2) is 0 Å². The van der Waals surface area contributed by atoms with E-state index in [4.69, 9.17) is 5.41 Å². The van der Waals surface area contributed by atoms with Gasteiger partial charge in [0.15, 0.2) is 0 Å². The molecule has 0 radical (unpaired) electrons. The molecule has 5 atom stereocenters. The highest BCUT2D eigenvalue weighted by molar-refractivity contribution is 5.91. The number of hydrogen-bond donors (Lipinski definition) is 2. The highest BCUT2D eigenvalue weighted by Gasteiger charge is 2.41. The summed E-state index contributed by atoms with van der Waals surface area (Å²) in [7, 11) is 0. The zero-order valence-corrected chi connectivity index (χ0v) is 20.4. The topological polar surface area (TPSA) is 39.1 Å². The lowest BCUT2D eigenvalue weighted by Gasteiger charge is -2.32. The summed E-state index contributed by atoms with van der Waals surface area (Å²) in [4.78, 5) is 2.65. The number of rotatable bonds is 6. The molecule has 1 saturated carbocycles. The Bertz CT molecular complexity index is 743. The summed E-state index contributed by atoms with van der Waals surface area (Å²) in [6.07, 6.45) is 15.9. The summed E-state index contributed by atoms with van der Waals surface area (Å²) >= 11 is 0. The molecule has 5 unspecified atom stereocenters. The SMILES string of the molecule is CCC1=C(C(C)C)CNC2C(=N)C(CC3=CCN(CC4C=CCC(C)C4)CC3)CC2C1. The van der Waals surface area contributed by atoms with Crippen LogP contribution in [0.2, 0.25) is 0 Å². The van der Waals surface area contributed by atoms with Crippen molar-refractivity contribution in [2.24, 2.45) is 29.6 Å². The number of fused-ring (bicyclic) bond motifs is 1. The fourth-order valence-corrected chi connectivity index (χ4v) is 6.67. The van der Waals surface area contributed by atoms with E-state index in [1.807, 2.05) is 0 Å². The van der Waals surface area contributed by atoms with Crippen LogP contribution in [0.15, 0.2) is 34.9 Å². The zero-order valence-electron chi connectivity index (χ0n) is 20.4. The lowest BCUT2D eigenvalue weighted by atomic mass is 9.87. The summed E-state index contributed by atoms with van der Waals surface area (Å²) in [5, 5.41) is 12.7. The molecule has 31 heavy (non-hydrogen) atoms. The minimum absolute atomic E-state index is 0.309. The normalized spacial score (nSPS) is 34.8. The van der Waals surface area contributed by atoms with Crippen LogP contribution < -0.4 is 5.32 Å². The fourth-order valence-electron chi connectivity index (χ4n) is 6.67. The molecule has 0 aromatic carbocycles. The number of nitrogens with zero attached hydrogens (tertiary/aromatic N) is 1.